The van der Waals surface area contributed by atoms with Crippen LogP contribution in [0.3, 0.4) is 0 Å². The van der Waals surface area contributed by atoms with Crippen LogP contribution in [0.1, 0.15) is 12.8 Å². The number of carboxylic acids is 1. The minimum Gasteiger partial charge on any atom is -0.481 e. The van der Waals surface area contributed by atoms with E-state index in [9.17, 15) is 21.6 Å². The molecule has 1 rings (SSSR count). The topological polar surface area (TPSA) is 112 Å². The maximum absolute atomic E-state index is 12.1. The molecule has 0 atom stereocenters. The second-order valence-corrected chi connectivity index (χ2v) is 8.72. The summed E-state index contributed by atoms with van der Waals surface area (Å²) in [5, 5.41) is 8.54. The van der Waals surface area contributed by atoms with Crippen molar-refractivity contribution in [3.8, 4) is 0 Å². The van der Waals surface area contributed by atoms with Gasteiger partial charge in [0.05, 0.1) is 17.9 Å². The molecule has 1 saturated heterocycles. The van der Waals surface area contributed by atoms with E-state index >= 15 is 0 Å². The van der Waals surface area contributed by atoms with E-state index in [-0.39, 0.29) is 44.0 Å². The van der Waals surface area contributed by atoms with E-state index in [2.05, 4.69) is 0 Å². The van der Waals surface area contributed by atoms with E-state index in [0.717, 1.165) is 8.61 Å². The lowest BCUT2D eigenvalue weighted by atomic mass is 10.4. The van der Waals surface area contributed by atoms with Crippen molar-refractivity contribution in [1.82, 2.24) is 8.61 Å². The predicted molar refractivity (Wildman–Crippen MR) is 68.6 cm³/mol. The van der Waals surface area contributed by atoms with E-state index in [4.69, 9.17) is 5.11 Å². The van der Waals surface area contributed by atoms with Crippen molar-refractivity contribution < 1.29 is 26.7 Å². The molecule has 0 spiro atoms. The smallest absolute Gasteiger partial charge is 0.304 e. The fourth-order valence-electron chi connectivity index (χ4n) is 1.71. The molecule has 112 valence electrons. The van der Waals surface area contributed by atoms with Gasteiger partial charge in [0.25, 0.3) is 10.2 Å². The highest BCUT2D eigenvalue weighted by Gasteiger charge is 2.30. The Bertz CT molecular complexity index is 527. The summed E-state index contributed by atoms with van der Waals surface area (Å²) in [4.78, 5) is 10.4. The number of rotatable bonds is 5. The molecule has 1 aliphatic heterocycles. The maximum Gasteiger partial charge on any atom is 0.304 e. The molecule has 1 aliphatic rings. The van der Waals surface area contributed by atoms with Crippen LogP contribution in [0, 0.1) is 0 Å². The molecule has 0 aromatic heterocycles. The van der Waals surface area contributed by atoms with Gasteiger partial charge in [0.1, 0.15) is 0 Å². The minimum atomic E-state index is -3.79. The summed E-state index contributed by atoms with van der Waals surface area (Å²) in [6, 6.07) is 0. The van der Waals surface area contributed by atoms with Crippen LogP contribution in [0.15, 0.2) is 0 Å². The van der Waals surface area contributed by atoms with Gasteiger partial charge in [-0.2, -0.15) is 17.0 Å². The van der Waals surface area contributed by atoms with Crippen molar-refractivity contribution in [3.63, 3.8) is 0 Å². The lowest BCUT2D eigenvalue weighted by Gasteiger charge is -2.25. The summed E-state index contributed by atoms with van der Waals surface area (Å²) in [7, 11) is -5.69. The molecule has 19 heavy (non-hydrogen) atoms. The van der Waals surface area contributed by atoms with Gasteiger partial charge in [-0.05, 0) is 6.42 Å². The van der Waals surface area contributed by atoms with Crippen LogP contribution >= 0.6 is 0 Å². The summed E-state index contributed by atoms with van der Waals surface area (Å²) in [5.41, 5.74) is 0. The number of aliphatic carboxylic acids is 1. The quantitative estimate of drug-likeness (QED) is 0.679. The first-order valence-electron chi connectivity index (χ1n) is 5.79. The third kappa shape index (κ3) is 4.71. The number of hydrogen-bond donors (Lipinski definition) is 1. The van der Waals surface area contributed by atoms with Crippen molar-refractivity contribution in [3.05, 3.63) is 0 Å². The Labute approximate surface area is 113 Å². The van der Waals surface area contributed by atoms with Gasteiger partial charge in [0.15, 0.2) is 9.84 Å². The van der Waals surface area contributed by atoms with Crippen LogP contribution < -0.4 is 0 Å². The van der Waals surface area contributed by atoms with E-state index in [1.54, 1.807) is 0 Å². The highest BCUT2D eigenvalue weighted by atomic mass is 32.2. The third-order valence-electron chi connectivity index (χ3n) is 2.88. The molecule has 0 aliphatic carbocycles. The standard InChI is InChI=1S/C9H18N2O6S2/c1-10(5-3-9(12)13)19(16,17)11-4-2-7-18(14,15)8-6-11/h2-8H2,1H3,(H,12,13). The van der Waals surface area contributed by atoms with Crippen LogP contribution in [0.2, 0.25) is 0 Å². The molecule has 0 bridgehead atoms. The van der Waals surface area contributed by atoms with E-state index in [1.165, 1.54) is 7.05 Å². The molecule has 0 amide bonds. The molecule has 1 N–H and O–H groups in total. The molecular formula is C9H18N2O6S2. The highest BCUT2D eigenvalue weighted by molar-refractivity contribution is 7.91. The molecule has 1 fully saturated rings. The molecule has 0 radical (unpaired) electrons. The fraction of sp³-hybridized carbons (Fsp3) is 0.889. The van der Waals surface area contributed by atoms with Gasteiger partial charge in [0.2, 0.25) is 0 Å². The van der Waals surface area contributed by atoms with Crippen LogP contribution in [0.5, 0.6) is 0 Å². The monoisotopic (exact) mass is 314 g/mol. The van der Waals surface area contributed by atoms with E-state index in [1.807, 2.05) is 0 Å². The Kier molecular flexibility index (Phi) is 5.30. The number of nitrogens with zero attached hydrogens (tertiary/aromatic N) is 2. The van der Waals surface area contributed by atoms with Gasteiger partial charge in [-0.25, -0.2) is 8.42 Å². The SMILES string of the molecule is CN(CCC(=O)O)S(=O)(=O)N1CCCS(=O)(=O)CC1. The van der Waals surface area contributed by atoms with E-state index in [0.29, 0.717) is 0 Å². The van der Waals surface area contributed by atoms with Crippen molar-refractivity contribution in [2.75, 3.05) is 38.2 Å². The van der Waals surface area contributed by atoms with Gasteiger partial charge in [0, 0.05) is 26.7 Å². The van der Waals surface area contributed by atoms with Crippen LogP contribution in [0.4, 0.5) is 0 Å². The van der Waals surface area contributed by atoms with Crippen molar-refractivity contribution in [1.29, 1.82) is 0 Å². The zero-order chi connectivity index (χ0) is 14.7. The van der Waals surface area contributed by atoms with Crippen LogP contribution in [0.25, 0.3) is 0 Å². The molecule has 0 unspecified atom stereocenters. The molecule has 0 aromatic carbocycles. The lowest BCUT2D eigenvalue weighted by molar-refractivity contribution is -0.137. The van der Waals surface area contributed by atoms with Gasteiger partial charge in [-0.15, -0.1) is 0 Å². The van der Waals surface area contributed by atoms with E-state index < -0.39 is 26.0 Å². The minimum absolute atomic E-state index is 0.0160. The van der Waals surface area contributed by atoms with Gasteiger partial charge >= 0.3 is 5.97 Å². The molecule has 10 heteroatoms. The average Bonchev–Trinajstić information content (AvgIpc) is 2.47. The summed E-state index contributed by atoms with van der Waals surface area (Å²) in [5.74, 6) is -1.29. The number of hydrogen-bond acceptors (Lipinski definition) is 5. The predicted octanol–water partition coefficient (Wildman–Crippen LogP) is -1.24. The first-order valence-corrected chi connectivity index (χ1v) is 9.00. The third-order valence-corrected chi connectivity index (χ3v) is 6.58. The Morgan fingerprint density at radius 2 is 1.95 bits per heavy atom. The first-order chi connectivity index (χ1) is 8.65. The Hall–Kier alpha value is -0.710. The molecular weight excluding hydrogens is 296 g/mol. The fourth-order valence-corrected chi connectivity index (χ4v) is 4.50. The van der Waals surface area contributed by atoms with Crippen molar-refractivity contribution in [2.24, 2.45) is 0 Å². The highest BCUT2D eigenvalue weighted by Crippen LogP contribution is 2.12. The normalized spacial score (nSPS) is 21.2. The van der Waals surface area contributed by atoms with Crippen molar-refractivity contribution in [2.45, 2.75) is 12.8 Å². The second-order valence-electron chi connectivity index (χ2n) is 4.38. The van der Waals surface area contributed by atoms with Gasteiger partial charge in [-0.1, -0.05) is 0 Å². The molecule has 1 heterocycles. The average molecular weight is 314 g/mol. The molecule has 0 saturated carbocycles. The first kappa shape index (κ1) is 16.3. The summed E-state index contributed by atoms with van der Waals surface area (Å²) in [6.07, 6.45) is -0.0315. The lowest BCUT2D eigenvalue weighted by Crippen LogP contribution is -2.43. The summed E-state index contributed by atoms with van der Waals surface area (Å²) < 4.78 is 49.1. The van der Waals surface area contributed by atoms with Gasteiger partial charge in [-0.3, -0.25) is 4.79 Å². The van der Waals surface area contributed by atoms with Gasteiger partial charge < -0.3 is 5.11 Å². The second kappa shape index (κ2) is 6.16. The van der Waals surface area contributed by atoms with Crippen LogP contribution in [-0.4, -0.2) is 74.7 Å². The Balaban J connectivity index is 2.74. The zero-order valence-electron chi connectivity index (χ0n) is 10.6. The molecule has 8 nitrogen and oxygen atoms in total. The number of sulfone groups is 1. The zero-order valence-corrected chi connectivity index (χ0v) is 12.3. The van der Waals surface area contributed by atoms with Crippen molar-refractivity contribution >= 4 is 26.0 Å². The largest absolute Gasteiger partial charge is 0.481 e. The Morgan fingerprint density at radius 3 is 2.53 bits per heavy atom. The summed E-state index contributed by atoms with van der Waals surface area (Å²) in [6.45, 7) is -0.0814. The van der Waals surface area contributed by atoms with Crippen LogP contribution in [-0.2, 0) is 24.8 Å². The number of carbonyl (C=O) groups is 1. The Morgan fingerprint density at radius 1 is 1.32 bits per heavy atom. The molecule has 0 aromatic rings. The maximum atomic E-state index is 12.1. The number of carboxylic acid groups (broad SMARTS) is 1. The summed E-state index contributed by atoms with van der Waals surface area (Å²) >= 11 is 0.